The smallest absolute Gasteiger partial charge is 0.174 e. The van der Waals surface area contributed by atoms with Gasteiger partial charge < -0.3 is 14.8 Å². The summed E-state index contributed by atoms with van der Waals surface area (Å²) >= 11 is 0. The van der Waals surface area contributed by atoms with Crippen LogP contribution in [-0.4, -0.2) is 26.9 Å². The van der Waals surface area contributed by atoms with Crippen LogP contribution in [0, 0.1) is 17.2 Å². The second-order valence-electron chi connectivity index (χ2n) is 4.29. The van der Waals surface area contributed by atoms with Gasteiger partial charge in [0, 0.05) is 26.8 Å². The van der Waals surface area contributed by atoms with Gasteiger partial charge in [0.1, 0.15) is 11.8 Å². The maximum absolute atomic E-state index is 8.45. The number of hydrogen-bond donors (Lipinski definition) is 1. The highest BCUT2D eigenvalue weighted by atomic mass is 16.5. The van der Waals surface area contributed by atoms with E-state index in [2.05, 4.69) is 12.2 Å². The third-order valence-corrected chi connectivity index (χ3v) is 2.47. The van der Waals surface area contributed by atoms with Gasteiger partial charge in [0.2, 0.25) is 0 Å². The van der Waals surface area contributed by atoms with Crippen molar-refractivity contribution in [3.8, 4) is 11.8 Å². The van der Waals surface area contributed by atoms with E-state index in [0.29, 0.717) is 5.92 Å². The molecule has 0 saturated carbocycles. The third kappa shape index (κ3) is 5.67. The molecule has 4 heteroatoms. The number of methoxy groups -OCH3 is 1. The summed E-state index contributed by atoms with van der Waals surface area (Å²) in [7, 11) is 1.71. The standard InChI is InChI=1S/C14H20N2O2/c1-12(11-17-2)9-16-10-13-4-3-5-14(8-13)18-7-6-15/h3-5,8,12,16H,7,9-11H2,1-2H3. The van der Waals surface area contributed by atoms with Gasteiger partial charge in [0.25, 0.3) is 0 Å². The minimum atomic E-state index is 0.0851. The van der Waals surface area contributed by atoms with Crippen LogP contribution < -0.4 is 10.1 Å². The summed E-state index contributed by atoms with van der Waals surface area (Å²) in [6.07, 6.45) is 0. The van der Waals surface area contributed by atoms with Gasteiger partial charge in [0.05, 0.1) is 0 Å². The lowest BCUT2D eigenvalue weighted by molar-refractivity contribution is 0.158. The molecule has 1 unspecified atom stereocenters. The average Bonchev–Trinajstić information content (AvgIpc) is 2.37. The first kappa shape index (κ1) is 14.5. The minimum Gasteiger partial charge on any atom is -0.479 e. The van der Waals surface area contributed by atoms with Gasteiger partial charge >= 0.3 is 0 Å². The summed E-state index contributed by atoms with van der Waals surface area (Å²) in [5.74, 6) is 1.23. The SMILES string of the molecule is COCC(C)CNCc1cccc(OCC#N)c1. The highest BCUT2D eigenvalue weighted by Crippen LogP contribution is 2.13. The van der Waals surface area contributed by atoms with Gasteiger partial charge in [-0.1, -0.05) is 19.1 Å². The molecule has 98 valence electrons. The topological polar surface area (TPSA) is 54.3 Å². The highest BCUT2D eigenvalue weighted by molar-refractivity contribution is 5.28. The molecule has 0 heterocycles. The Hall–Kier alpha value is -1.57. The van der Waals surface area contributed by atoms with Crippen LogP contribution in [-0.2, 0) is 11.3 Å². The van der Waals surface area contributed by atoms with Gasteiger partial charge in [-0.3, -0.25) is 0 Å². The lowest BCUT2D eigenvalue weighted by atomic mass is 10.2. The van der Waals surface area contributed by atoms with E-state index in [1.807, 2.05) is 30.3 Å². The summed E-state index contributed by atoms with van der Waals surface area (Å²) < 4.78 is 10.3. The number of nitrogens with zero attached hydrogens (tertiary/aromatic N) is 1. The van der Waals surface area contributed by atoms with Crippen LogP contribution in [0.1, 0.15) is 12.5 Å². The van der Waals surface area contributed by atoms with E-state index >= 15 is 0 Å². The van der Waals surface area contributed by atoms with Gasteiger partial charge in [0.15, 0.2) is 6.61 Å². The molecular weight excluding hydrogens is 228 g/mol. The van der Waals surface area contributed by atoms with E-state index in [0.717, 1.165) is 31.0 Å². The second-order valence-corrected chi connectivity index (χ2v) is 4.29. The van der Waals surface area contributed by atoms with E-state index < -0.39 is 0 Å². The summed E-state index contributed by atoms with van der Waals surface area (Å²) in [5.41, 5.74) is 1.15. The van der Waals surface area contributed by atoms with Crippen molar-refractivity contribution < 1.29 is 9.47 Å². The van der Waals surface area contributed by atoms with Crippen molar-refractivity contribution in [2.75, 3.05) is 26.9 Å². The molecule has 1 N–H and O–H groups in total. The minimum absolute atomic E-state index is 0.0851. The molecule has 0 aliphatic carbocycles. The van der Waals surface area contributed by atoms with Crippen LogP contribution in [0.15, 0.2) is 24.3 Å². The summed E-state index contributed by atoms with van der Waals surface area (Å²) in [5, 5.41) is 11.8. The van der Waals surface area contributed by atoms with Gasteiger partial charge in [-0.2, -0.15) is 5.26 Å². The van der Waals surface area contributed by atoms with E-state index in [-0.39, 0.29) is 6.61 Å². The Morgan fingerprint density at radius 2 is 2.28 bits per heavy atom. The average molecular weight is 248 g/mol. The van der Waals surface area contributed by atoms with Crippen molar-refractivity contribution in [3.05, 3.63) is 29.8 Å². The fraction of sp³-hybridized carbons (Fsp3) is 0.500. The lowest BCUT2D eigenvalue weighted by Crippen LogP contribution is -2.23. The fourth-order valence-corrected chi connectivity index (χ4v) is 1.67. The molecule has 1 aromatic carbocycles. The largest absolute Gasteiger partial charge is 0.479 e. The molecule has 0 spiro atoms. The zero-order valence-corrected chi connectivity index (χ0v) is 11.0. The van der Waals surface area contributed by atoms with Crippen molar-refractivity contribution >= 4 is 0 Å². The predicted molar refractivity (Wildman–Crippen MR) is 70.3 cm³/mol. The van der Waals surface area contributed by atoms with Crippen LogP contribution >= 0.6 is 0 Å². The van der Waals surface area contributed by atoms with E-state index in [1.54, 1.807) is 7.11 Å². The molecule has 1 rings (SSSR count). The number of nitriles is 1. The predicted octanol–water partition coefficient (Wildman–Crippen LogP) is 1.96. The van der Waals surface area contributed by atoms with Crippen LogP contribution in [0.3, 0.4) is 0 Å². The quantitative estimate of drug-likeness (QED) is 0.764. The Bertz CT molecular complexity index is 388. The summed E-state index contributed by atoms with van der Waals surface area (Å²) in [6, 6.07) is 9.73. The summed E-state index contributed by atoms with van der Waals surface area (Å²) in [6.45, 7) is 4.69. The fourth-order valence-electron chi connectivity index (χ4n) is 1.67. The normalized spacial score (nSPS) is 11.8. The van der Waals surface area contributed by atoms with Gasteiger partial charge in [-0.05, 0) is 23.6 Å². The number of nitrogens with one attached hydrogen (secondary N) is 1. The summed E-state index contributed by atoms with van der Waals surface area (Å²) in [4.78, 5) is 0. The molecule has 0 aliphatic heterocycles. The highest BCUT2D eigenvalue weighted by Gasteiger charge is 2.01. The first-order valence-electron chi connectivity index (χ1n) is 6.04. The van der Waals surface area contributed by atoms with E-state index in [9.17, 15) is 0 Å². The maximum atomic E-state index is 8.45. The van der Waals surface area contributed by atoms with Crippen LogP contribution in [0.5, 0.6) is 5.75 Å². The number of rotatable bonds is 8. The monoisotopic (exact) mass is 248 g/mol. The second kappa shape index (κ2) is 8.51. The van der Waals surface area contributed by atoms with Crippen molar-refractivity contribution in [2.45, 2.75) is 13.5 Å². The molecule has 0 saturated heterocycles. The first-order chi connectivity index (χ1) is 8.76. The van der Waals surface area contributed by atoms with Gasteiger partial charge in [-0.15, -0.1) is 0 Å². The molecule has 0 aliphatic rings. The Morgan fingerprint density at radius 3 is 3.00 bits per heavy atom. The van der Waals surface area contributed by atoms with Crippen molar-refractivity contribution in [1.29, 1.82) is 5.26 Å². The van der Waals surface area contributed by atoms with Crippen molar-refractivity contribution in [2.24, 2.45) is 5.92 Å². The third-order valence-electron chi connectivity index (χ3n) is 2.47. The molecule has 0 fully saturated rings. The Labute approximate surface area is 109 Å². The first-order valence-corrected chi connectivity index (χ1v) is 6.04. The number of hydrogen-bond acceptors (Lipinski definition) is 4. The van der Waals surface area contributed by atoms with Crippen molar-refractivity contribution in [1.82, 2.24) is 5.32 Å². The molecule has 1 atom stereocenters. The van der Waals surface area contributed by atoms with E-state index in [1.165, 1.54) is 0 Å². The number of ether oxygens (including phenoxy) is 2. The Morgan fingerprint density at radius 1 is 1.44 bits per heavy atom. The lowest BCUT2D eigenvalue weighted by Gasteiger charge is -2.12. The zero-order valence-electron chi connectivity index (χ0n) is 11.0. The molecule has 1 aromatic rings. The zero-order chi connectivity index (χ0) is 13.2. The number of benzene rings is 1. The molecule has 0 radical (unpaired) electrons. The van der Waals surface area contributed by atoms with Crippen LogP contribution in [0.2, 0.25) is 0 Å². The molecule has 0 amide bonds. The molecule has 18 heavy (non-hydrogen) atoms. The Balaban J connectivity index is 2.35. The molecule has 0 aromatic heterocycles. The van der Waals surface area contributed by atoms with E-state index in [4.69, 9.17) is 14.7 Å². The molecule has 4 nitrogen and oxygen atoms in total. The molecular formula is C14H20N2O2. The van der Waals surface area contributed by atoms with Crippen molar-refractivity contribution in [3.63, 3.8) is 0 Å². The molecule has 0 bridgehead atoms. The maximum Gasteiger partial charge on any atom is 0.174 e. The van der Waals surface area contributed by atoms with Crippen LogP contribution in [0.4, 0.5) is 0 Å². The Kier molecular flexibility index (Phi) is 6.85. The van der Waals surface area contributed by atoms with Gasteiger partial charge in [-0.25, -0.2) is 0 Å². The van der Waals surface area contributed by atoms with Crippen LogP contribution in [0.25, 0.3) is 0 Å².